The van der Waals surface area contributed by atoms with E-state index in [-0.39, 0.29) is 0 Å². The Labute approximate surface area is 137 Å². The van der Waals surface area contributed by atoms with Gasteiger partial charge in [0, 0.05) is 16.6 Å². The highest BCUT2D eigenvalue weighted by Crippen LogP contribution is 2.44. The Morgan fingerprint density at radius 1 is 1.48 bits per heavy atom. The summed E-state index contributed by atoms with van der Waals surface area (Å²) in [5.41, 5.74) is 10.00. The van der Waals surface area contributed by atoms with Gasteiger partial charge in [0.05, 0.1) is 18.6 Å². The van der Waals surface area contributed by atoms with Crippen molar-refractivity contribution < 1.29 is 13.9 Å². The van der Waals surface area contributed by atoms with Crippen LogP contribution < -0.4 is 5.73 Å². The second-order valence-electron chi connectivity index (χ2n) is 5.49. The number of hydrogen-bond acceptors (Lipinski definition) is 6. The lowest BCUT2D eigenvalue weighted by Gasteiger charge is -2.08. The Kier molecular flexibility index (Phi) is 3.34. The first-order valence-corrected chi connectivity index (χ1v) is 8.47. The zero-order valence-corrected chi connectivity index (χ0v) is 13.5. The molecule has 0 fully saturated rings. The van der Waals surface area contributed by atoms with Crippen molar-refractivity contribution in [3.05, 3.63) is 34.5 Å². The van der Waals surface area contributed by atoms with Crippen LogP contribution in [0.1, 0.15) is 34.3 Å². The molecular formula is C17H16N2O3S. The maximum absolute atomic E-state index is 12.1. The molecule has 5 nitrogen and oxygen atoms in total. The zero-order chi connectivity index (χ0) is 16.0. The Morgan fingerprint density at radius 3 is 3.09 bits per heavy atom. The van der Waals surface area contributed by atoms with E-state index >= 15 is 0 Å². The minimum absolute atomic E-state index is 0.321. The third-order valence-corrected chi connectivity index (χ3v) is 5.21. The Balaban J connectivity index is 2.03. The molecule has 3 aromatic rings. The molecule has 2 N–H and O–H groups in total. The van der Waals surface area contributed by atoms with Crippen LogP contribution in [0.2, 0.25) is 0 Å². The number of furan rings is 1. The summed E-state index contributed by atoms with van der Waals surface area (Å²) in [5.74, 6) is 0.383. The van der Waals surface area contributed by atoms with E-state index in [1.807, 2.05) is 12.1 Å². The molecule has 0 aromatic carbocycles. The predicted molar refractivity (Wildman–Crippen MR) is 89.7 cm³/mol. The second-order valence-corrected chi connectivity index (χ2v) is 6.49. The number of rotatable bonds is 3. The molecule has 3 heterocycles. The SMILES string of the molecule is CCOC(=O)c1sc2nc3c(c(-c4ccco4)c2c1N)CCC3. The van der Waals surface area contributed by atoms with Gasteiger partial charge >= 0.3 is 5.97 Å². The monoisotopic (exact) mass is 328 g/mol. The summed E-state index contributed by atoms with van der Waals surface area (Å²) in [4.78, 5) is 18.1. The van der Waals surface area contributed by atoms with Crippen molar-refractivity contribution in [3.63, 3.8) is 0 Å². The molecule has 6 heteroatoms. The average Bonchev–Trinajstić information content (AvgIpc) is 3.25. The minimum atomic E-state index is -0.390. The number of aryl methyl sites for hydroxylation is 1. The van der Waals surface area contributed by atoms with Gasteiger partial charge in [0.2, 0.25) is 0 Å². The van der Waals surface area contributed by atoms with E-state index in [1.54, 1.807) is 13.2 Å². The number of fused-ring (bicyclic) bond motifs is 2. The number of anilines is 1. The number of esters is 1. The van der Waals surface area contributed by atoms with Crippen molar-refractivity contribution in [1.82, 2.24) is 4.98 Å². The molecule has 118 valence electrons. The molecule has 1 aliphatic rings. The van der Waals surface area contributed by atoms with Gasteiger partial charge in [-0.25, -0.2) is 9.78 Å². The van der Waals surface area contributed by atoms with Gasteiger partial charge in [0.25, 0.3) is 0 Å². The van der Waals surface area contributed by atoms with E-state index in [4.69, 9.17) is 19.9 Å². The van der Waals surface area contributed by atoms with E-state index in [0.29, 0.717) is 17.2 Å². The van der Waals surface area contributed by atoms with Crippen LogP contribution in [-0.2, 0) is 17.6 Å². The van der Waals surface area contributed by atoms with Crippen molar-refractivity contribution >= 4 is 33.2 Å². The summed E-state index contributed by atoms with van der Waals surface area (Å²) in [6.45, 7) is 2.10. The van der Waals surface area contributed by atoms with E-state index < -0.39 is 5.97 Å². The lowest BCUT2D eigenvalue weighted by atomic mass is 10.0. The van der Waals surface area contributed by atoms with Crippen molar-refractivity contribution in [2.45, 2.75) is 26.2 Å². The normalized spacial score (nSPS) is 13.4. The molecule has 0 unspecified atom stereocenters. The summed E-state index contributed by atoms with van der Waals surface area (Å²) < 4.78 is 10.7. The summed E-state index contributed by atoms with van der Waals surface area (Å²) in [7, 11) is 0. The first kappa shape index (κ1) is 14.3. The number of carbonyl (C=O) groups excluding carboxylic acids is 1. The molecule has 0 atom stereocenters. The van der Waals surface area contributed by atoms with Gasteiger partial charge < -0.3 is 14.9 Å². The van der Waals surface area contributed by atoms with Gasteiger partial charge in [-0.05, 0) is 43.9 Å². The quantitative estimate of drug-likeness (QED) is 0.740. The number of carbonyl (C=O) groups is 1. The van der Waals surface area contributed by atoms with Crippen LogP contribution in [0.15, 0.2) is 22.8 Å². The summed E-state index contributed by atoms with van der Waals surface area (Å²) >= 11 is 1.30. The van der Waals surface area contributed by atoms with Gasteiger partial charge in [-0.1, -0.05) is 0 Å². The fraction of sp³-hybridized carbons (Fsp3) is 0.294. The number of nitrogens with zero attached hydrogens (tertiary/aromatic N) is 1. The van der Waals surface area contributed by atoms with E-state index in [1.165, 1.54) is 16.9 Å². The number of hydrogen-bond donors (Lipinski definition) is 1. The van der Waals surface area contributed by atoms with Crippen LogP contribution in [0, 0.1) is 0 Å². The highest BCUT2D eigenvalue weighted by Gasteiger charge is 2.27. The molecular weight excluding hydrogens is 312 g/mol. The number of nitrogen functional groups attached to an aromatic ring is 1. The van der Waals surface area contributed by atoms with Gasteiger partial charge in [0.1, 0.15) is 15.5 Å². The van der Waals surface area contributed by atoms with Gasteiger partial charge in [-0.3, -0.25) is 0 Å². The summed E-state index contributed by atoms with van der Waals surface area (Å²) in [6, 6.07) is 3.78. The standard InChI is InChI=1S/C17H16N2O3S/c1-2-21-17(20)15-14(18)13-12(11-7-4-8-22-11)9-5-3-6-10(9)19-16(13)23-15/h4,7-8H,2-3,5-6,18H2,1H3. The fourth-order valence-corrected chi connectivity index (χ4v) is 4.20. The molecule has 0 aliphatic heterocycles. The third kappa shape index (κ3) is 2.13. The molecule has 4 rings (SSSR count). The fourth-order valence-electron chi connectivity index (χ4n) is 3.19. The number of thiophene rings is 1. The van der Waals surface area contributed by atoms with Crippen LogP contribution in [0.5, 0.6) is 0 Å². The number of aromatic nitrogens is 1. The largest absolute Gasteiger partial charge is 0.464 e. The maximum Gasteiger partial charge on any atom is 0.350 e. The lowest BCUT2D eigenvalue weighted by molar-refractivity contribution is 0.0533. The van der Waals surface area contributed by atoms with Gasteiger partial charge in [-0.15, -0.1) is 11.3 Å². The van der Waals surface area contributed by atoms with Crippen LogP contribution in [0.25, 0.3) is 21.5 Å². The maximum atomic E-state index is 12.1. The second kappa shape index (κ2) is 5.38. The van der Waals surface area contributed by atoms with Crippen LogP contribution in [0.3, 0.4) is 0 Å². The van der Waals surface area contributed by atoms with E-state index in [9.17, 15) is 4.79 Å². The van der Waals surface area contributed by atoms with E-state index in [0.717, 1.165) is 46.5 Å². The van der Waals surface area contributed by atoms with Crippen LogP contribution in [-0.4, -0.2) is 17.6 Å². The molecule has 3 aromatic heterocycles. The van der Waals surface area contributed by atoms with Gasteiger partial charge in [-0.2, -0.15) is 0 Å². The zero-order valence-electron chi connectivity index (χ0n) is 12.7. The smallest absolute Gasteiger partial charge is 0.350 e. The van der Waals surface area contributed by atoms with Crippen molar-refractivity contribution in [3.8, 4) is 11.3 Å². The Morgan fingerprint density at radius 2 is 2.35 bits per heavy atom. The predicted octanol–water partition coefficient (Wildman–Crippen LogP) is 3.80. The topological polar surface area (TPSA) is 78.3 Å². The highest BCUT2D eigenvalue weighted by molar-refractivity contribution is 7.21. The summed E-state index contributed by atoms with van der Waals surface area (Å²) in [6.07, 6.45) is 4.64. The first-order valence-electron chi connectivity index (χ1n) is 7.65. The average molecular weight is 328 g/mol. The van der Waals surface area contributed by atoms with E-state index in [2.05, 4.69) is 0 Å². The Hall–Kier alpha value is -2.34. The number of ether oxygens (including phenoxy) is 1. The first-order chi connectivity index (χ1) is 11.2. The molecule has 23 heavy (non-hydrogen) atoms. The third-order valence-electron chi connectivity index (χ3n) is 4.13. The number of pyridine rings is 1. The van der Waals surface area contributed by atoms with Crippen LogP contribution >= 0.6 is 11.3 Å². The molecule has 0 bridgehead atoms. The van der Waals surface area contributed by atoms with Crippen molar-refractivity contribution in [1.29, 1.82) is 0 Å². The molecule has 1 aliphatic carbocycles. The van der Waals surface area contributed by atoms with Gasteiger partial charge in [0.15, 0.2) is 0 Å². The number of nitrogens with two attached hydrogens (primary N) is 1. The molecule has 0 saturated carbocycles. The lowest BCUT2D eigenvalue weighted by Crippen LogP contribution is -2.05. The molecule has 0 radical (unpaired) electrons. The van der Waals surface area contributed by atoms with Crippen LogP contribution in [0.4, 0.5) is 5.69 Å². The summed E-state index contributed by atoms with van der Waals surface area (Å²) in [5, 5.41) is 0.814. The molecule has 0 amide bonds. The Bertz CT molecular complexity index is 897. The van der Waals surface area contributed by atoms with Crippen molar-refractivity contribution in [2.75, 3.05) is 12.3 Å². The van der Waals surface area contributed by atoms with Crippen molar-refractivity contribution in [2.24, 2.45) is 0 Å². The minimum Gasteiger partial charge on any atom is -0.464 e. The highest BCUT2D eigenvalue weighted by atomic mass is 32.1. The molecule has 0 saturated heterocycles. The molecule has 0 spiro atoms.